The van der Waals surface area contributed by atoms with Crippen LogP contribution in [0.15, 0.2) is 18.5 Å². The highest BCUT2D eigenvalue weighted by Gasteiger charge is 2.24. The van der Waals surface area contributed by atoms with E-state index < -0.39 is 17.5 Å². The van der Waals surface area contributed by atoms with Gasteiger partial charge in [-0.3, -0.25) is 9.74 Å². The van der Waals surface area contributed by atoms with Crippen LogP contribution in [0.5, 0.6) is 0 Å². The summed E-state index contributed by atoms with van der Waals surface area (Å²) in [7, 11) is 3.07. The van der Waals surface area contributed by atoms with E-state index in [-0.39, 0.29) is 0 Å². The second-order valence-electron chi connectivity index (χ2n) is 6.23. The number of carbonyl (C=O) groups excluding carboxylic acids is 1. The standard InChI is InChI=1S/C16H21FN3O3S/c1-10-14(19(5)15(21)23-16(2,3)4)24-13(18-10)11-7-12(17)9-20(8-11)22-6/h7-9H,1-6H3/q+1. The van der Waals surface area contributed by atoms with E-state index in [0.29, 0.717) is 21.3 Å². The van der Waals surface area contributed by atoms with Gasteiger partial charge < -0.3 is 4.74 Å². The Hall–Kier alpha value is -2.22. The largest absolute Gasteiger partial charge is 0.443 e. The fourth-order valence-corrected chi connectivity index (χ4v) is 2.98. The average molecular weight is 354 g/mol. The molecule has 2 aromatic rings. The summed E-state index contributed by atoms with van der Waals surface area (Å²) in [6.45, 7) is 7.21. The molecule has 0 aliphatic heterocycles. The fourth-order valence-electron chi connectivity index (χ4n) is 1.98. The number of anilines is 1. The lowest BCUT2D eigenvalue weighted by molar-refractivity contribution is -0.886. The summed E-state index contributed by atoms with van der Waals surface area (Å²) in [6, 6.07) is 1.37. The Morgan fingerprint density at radius 3 is 2.62 bits per heavy atom. The summed E-state index contributed by atoms with van der Waals surface area (Å²) in [5.41, 5.74) is 0.643. The monoisotopic (exact) mass is 354 g/mol. The van der Waals surface area contributed by atoms with E-state index in [9.17, 15) is 9.18 Å². The predicted octanol–water partition coefficient (Wildman–Crippen LogP) is 2.97. The normalized spacial score (nSPS) is 11.3. The van der Waals surface area contributed by atoms with Crippen LogP contribution >= 0.6 is 11.3 Å². The number of nitrogens with zero attached hydrogens (tertiary/aromatic N) is 3. The summed E-state index contributed by atoms with van der Waals surface area (Å²) in [6.07, 6.45) is 2.38. The SMILES string of the molecule is CO[n+]1cc(F)cc(-c2nc(C)c(N(C)C(=O)OC(C)(C)C)s2)c1. The summed E-state index contributed by atoms with van der Waals surface area (Å²) in [4.78, 5) is 23.1. The van der Waals surface area contributed by atoms with Crippen molar-refractivity contribution in [2.45, 2.75) is 33.3 Å². The van der Waals surface area contributed by atoms with Crippen molar-refractivity contribution in [1.29, 1.82) is 0 Å². The van der Waals surface area contributed by atoms with E-state index in [2.05, 4.69) is 4.98 Å². The van der Waals surface area contributed by atoms with E-state index >= 15 is 0 Å². The third kappa shape index (κ3) is 4.19. The van der Waals surface area contributed by atoms with Gasteiger partial charge in [-0.2, -0.15) is 0 Å². The van der Waals surface area contributed by atoms with E-state index in [4.69, 9.17) is 9.57 Å². The van der Waals surface area contributed by atoms with Crippen LogP contribution in [0, 0.1) is 12.7 Å². The van der Waals surface area contributed by atoms with Gasteiger partial charge in [0.2, 0.25) is 6.20 Å². The molecule has 8 heteroatoms. The van der Waals surface area contributed by atoms with E-state index in [1.54, 1.807) is 40.9 Å². The van der Waals surface area contributed by atoms with Crippen LogP contribution in [-0.2, 0) is 4.74 Å². The maximum absolute atomic E-state index is 13.7. The van der Waals surface area contributed by atoms with Crippen molar-refractivity contribution in [3.8, 4) is 10.6 Å². The number of thiazole rings is 1. The molecule has 1 amide bonds. The van der Waals surface area contributed by atoms with Gasteiger partial charge in [-0.25, -0.2) is 14.2 Å². The Balaban J connectivity index is 2.33. The molecule has 0 unspecified atom stereocenters. The summed E-state index contributed by atoms with van der Waals surface area (Å²) < 4.78 is 20.3. The van der Waals surface area contributed by atoms with Crippen molar-refractivity contribution in [2.75, 3.05) is 19.1 Å². The fraction of sp³-hybridized carbons (Fsp3) is 0.438. The molecule has 0 atom stereocenters. The van der Waals surface area contributed by atoms with Gasteiger partial charge in [0.05, 0.1) is 11.3 Å². The molecule has 2 rings (SSSR count). The lowest BCUT2D eigenvalue weighted by Gasteiger charge is -2.23. The number of carbonyl (C=O) groups is 1. The number of aromatic nitrogens is 2. The molecule has 2 heterocycles. The van der Waals surface area contributed by atoms with Crippen LogP contribution in [-0.4, -0.2) is 30.8 Å². The van der Waals surface area contributed by atoms with E-state index in [1.165, 1.54) is 40.3 Å². The molecular formula is C16H21FN3O3S+. The quantitative estimate of drug-likeness (QED) is 0.795. The molecule has 0 N–H and O–H groups in total. The minimum absolute atomic E-state index is 0.441. The first-order valence-electron chi connectivity index (χ1n) is 7.31. The van der Waals surface area contributed by atoms with Gasteiger partial charge in [0.15, 0.2) is 5.82 Å². The summed E-state index contributed by atoms with van der Waals surface area (Å²) >= 11 is 1.28. The van der Waals surface area contributed by atoms with Crippen molar-refractivity contribution in [2.24, 2.45) is 0 Å². The average Bonchev–Trinajstić information content (AvgIpc) is 2.86. The number of hydrogen-bond acceptors (Lipinski definition) is 5. The number of pyridine rings is 1. The Kier molecular flexibility index (Phi) is 5.08. The van der Waals surface area contributed by atoms with Gasteiger partial charge in [-0.1, -0.05) is 11.3 Å². The molecule has 0 aromatic carbocycles. The Morgan fingerprint density at radius 1 is 1.38 bits per heavy atom. The third-order valence-corrected chi connectivity index (χ3v) is 4.30. The molecule has 0 fully saturated rings. The molecule has 0 radical (unpaired) electrons. The smallest absolute Gasteiger partial charge is 0.415 e. The molecule has 0 saturated carbocycles. The van der Waals surface area contributed by atoms with Crippen molar-refractivity contribution < 1.29 is 23.5 Å². The minimum atomic E-state index is -0.584. The molecule has 6 nitrogen and oxygen atoms in total. The maximum atomic E-state index is 13.7. The number of ether oxygens (including phenoxy) is 1. The van der Waals surface area contributed by atoms with Crippen LogP contribution in [0.4, 0.5) is 14.2 Å². The lowest BCUT2D eigenvalue weighted by atomic mass is 10.2. The maximum Gasteiger partial charge on any atom is 0.415 e. The highest BCUT2D eigenvalue weighted by atomic mass is 32.1. The summed E-state index contributed by atoms with van der Waals surface area (Å²) in [5, 5.41) is 1.23. The molecule has 130 valence electrons. The van der Waals surface area contributed by atoms with Crippen molar-refractivity contribution in [1.82, 2.24) is 4.98 Å². The lowest BCUT2D eigenvalue weighted by Crippen LogP contribution is -2.40. The predicted molar refractivity (Wildman–Crippen MR) is 89.6 cm³/mol. The number of hydrogen-bond donors (Lipinski definition) is 0. The first kappa shape index (κ1) is 18.1. The Bertz CT molecular complexity index is 756. The zero-order chi connectivity index (χ0) is 18.1. The molecule has 0 saturated heterocycles. The molecular weight excluding hydrogens is 333 g/mol. The topological polar surface area (TPSA) is 55.5 Å². The van der Waals surface area contributed by atoms with Crippen LogP contribution in [0.2, 0.25) is 0 Å². The molecule has 0 aliphatic carbocycles. The van der Waals surface area contributed by atoms with Crippen LogP contribution in [0.1, 0.15) is 26.5 Å². The molecule has 24 heavy (non-hydrogen) atoms. The van der Waals surface area contributed by atoms with Gasteiger partial charge in [0.25, 0.3) is 6.20 Å². The zero-order valence-corrected chi connectivity index (χ0v) is 15.4. The van der Waals surface area contributed by atoms with Crippen LogP contribution in [0.25, 0.3) is 10.6 Å². The van der Waals surface area contributed by atoms with E-state index in [0.717, 1.165) is 0 Å². The van der Waals surface area contributed by atoms with Gasteiger partial charge >= 0.3 is 6.09 Å². The zero-order valence-electron chi connectivity index (χ0n) is 14.6. The highest BCUT2D eigenvalue weighted by molar-refractivity contribution is 7.19. The first-order chi connectivity index (χ1) is 11.1. The van der Waals surface area contributed by atoms with Crippen molar-refractivity contribution in [3.05, 3.63) is 30.0 Å². The Morgan fingerprint density at radius 2 is 2.04 bits per heavy atom. The number of amides is 1. The van der Waals surface area contributed by atoms with E-state index in [1.807, 2.05) is 0 Å². The number of halogens is 1. The van der Waals surface area contributed by atoms with Crippen molar-refractivity contribution in [3.63, 3.8) is 0 Å². The number of aryl methyl sites for hydroxylation is 1. The highest BCUT2D eigenvalue weighted by Crippen LogP contribution is 2.34. The van der Waals surface area contributed by atoms with Crippen LogP contribution < -0.4 is 14.5 Å². The Labute approximate surface area is 144 Å². The van der Waals surface area contributed by atoms with Gasteiger partial charge in [0.1, 0.15) is 22.7 Å². The third-order valence-electron chi connectivity index (χ3n) is 3.01. The molecule has 0 spiro atoms. The number of rotatable bonds is 3. The van der Waals surface area contributed by atoms with Crippen molar-refractivity contribution >= 4 is 22.4 Å². The molecule has 0 aliphatic rings. The van der Waals surface area contributed by atoms with Crippen LogP contribution in [0.3, 0.4) is 0 Å². The summed E-state index contributed by atoms with van der Waals surface area (Å²) in [5.74, 6) is -0.441. The second-order valence-corrected chi connectivity index (χ2v) is 7.21. The van der Waals surface area contributed by atoms with Gasteiger partial charge in [-0.05, 0) is 33.8 Å². The second kappa shape index (κ2) is 6.72. The minimum Gasteiger partial charge on any atom is -0.443 e. The molecule has 2 aromatic heterocycles. The first-order valence-corrected chi connectivity index (χ1v) is 8.13. The van der Waals surface area contributed by atoms with Gasteiger partial charge in [-0.15, -0.1) is 0 Å². The van der Waals surface area contributed by atoms with Gasteiger partial charge in [0, 0.05) is 11.8 Å². The molecule has 0 bridgehead atoms.